The number of fused-ring (bicyclic) bond motifs is 3. The van der Waals surface area contributed by atoms with E-state index in [4.69, 9.17) is 23.7 Å². The SMILES string of the molecule is CC1(C)OC2OC(C(=O)Nc3ccc(C(F)(F)F)cc3)C3OC(C)(C)OC3C2O1. The lowest BCUT2D eigenvalue weighted by Crippen LogP contribution is -2.58. The summed E-state index contributed by atoms with van der Waals surface area (Å²) >= 11 is 0. The zero-order valence-electron chi connectivity index (χ0n) is 16.3. The lowest BCUT2D eigenvalue weighted by Gasteiger charge is -2.36. The highest BCUT2D eigenvalue weighted by Crippen LogP contribution is 2.44. The second-order valence-electron chi connectivity index (χ2n) is 8.15. The van der Waals surface area contributed by atoms with Crippen LogP contribution in [0.15, 0.2) is 24.3 Å². The van der Waals surface area contributed by atoms with E-state index < -0.39 is 59.9 Å². The van der Waals surface area contributed by atoms with Crippen LogP contribution in [0.1, 0.15) is 33.3 Å². The van der Waals surface area contributed by atoms with E-state index >= 15 is 0 Å². The number of benzene rings is 1. The average Bonchev–Trinajstić information content (AvgIpc) is 3.07. The van der Waals surface area contributed by atoms with Gasteiger partial charge in [-0.2, -0.15) is 13.2 Å². The van der Waals surface area contributed by atoms with Gasteiger partial charge in [-0.1, -0.05) is 0 Å². The van der Waals surface area contributed by atoms with Crippen molar-refractivity contribution in [2.45, 2.75) is 76.2 Å². The number of halogens is 3. The molecule has 3 aliphatic rings. The number of ether oxygens (including phenoxy) is 5. The van der Waals surface area contributed by atoms with Crippen LogP contribution in [0, 0.1) is 0 Å². The van der Waals surface area contributed by atoms with Crippen molar-refractivity contribution in [2.75, 3.05) is 5.32 Å². The van der Waals surface area contributed by atoms with Gasteiger partial charge in [0.2, 0.25) is 0 Å². The summed E-state index contributed by atoms with van der Waals surface area (Å²) < 4.78 is 67.4. The first-order valence-electron chi connectivity index (χ1n) is 9.20. The molecule has 0 spiro atoms. The fraction of sp³-hybridized carbons (Fsp3) is 0.632. The first-order chi connectivity index (χ1) is 13.3. The molecule has 3 aliphatic heterocycles. The Morgan fingerprint density at radius 2 is 1.45 bits per heavy atom. The third-order valence-electron chi connectivity index (χ3n) is 4.89. The van der Waals surface area contributed by atoms with Gasteiger partial charge in [-0.3, -0.25) is 4.79 Å². The summed E-state index contributed by atoms with van der Waals surface area (Å²) in [5.41, 5.74) is -0.604. The van der Waals surface area contributed by atoms with E-state index in [9.17, 15) is 18.0 Å². The van der Waals surface area contributed by atoms with Crippen molar-refractivity contribution in [2.24, 2.45) is 0 Å². The van der Waals surface area contributed by atoms with Crippen molar-refractivity contribution in [3.63, 3.8) is 0 Å². The lowest BCUT2D eigenvalue weighted by atomic mass is 9.98. The number of carbonyl (C=O) groups excluding carboxylic acids is 1. The molecule has 0 saturated carbocycles. The minimum atomic E-state index is -4.45. The third kappa shape index (κ3) is 3.99. The van der Waals surface area contributed by atoms with Crippen molar-refractivity contribution in [3.05, 3.63) is 29.8 Å². The third-order valence-corrected chi connectivity index (χ3v) is 4.89. The summed E-state index contributed by atoms with van der Waals surface area (Å²) in [6, 6.07) is 4.14. The lowest BCUT2D eigenvalue weighted by molar-refractivity contribution is -0.229. The van der Waals surface area contributed by atoms with Crippen LogP contribution >= 0.6 is 0 Å². The normalized spacial score (nSPS) is 35.1. The molecule has 0 aromatic heterocycles. The topological polar surface area (TPSA) is 75.3 Å². The Hall–Kier alpha value is -1.72. The highest BCUT2D eigenvalue weighted by Gasteiger charge is 2.62. The molecule has 4 rings (SSSR count). The summed E-state index contributed by atoms with van der Waals surface area (Å²) in [4.78, 5) is 12.9. The maximum atomic E-state index is 12.9. The molecule has 1 N–H and O–H groups in total. The van der Waals surface area contributed by atoms with E-state index in [0.29, 0.717) is 0 Å². The van der Waals surface area contributed by atoms with Gasteiger partial charge < -0.3 is 29.0 Å². The van der Waals surface area contributed by atoms with E-state index in [1.54, 1.807) is 27.7 Å². The first-order valence-corrected chi connectivity index (χ1v) is 9.20. The Morgan fingerprint density at radius 3 is 2.07 bits per heavy atom. The van der Waals surface area contributed by atoms with Crippen molar-refractivity contribution in [1.82, 2.24) is 0 Å². The highest BCUT2D eigenvalue weighted by molar-refractivity contribution is 5.94. The van der Waals surface area contributed by atoms with Gasteiger partial charge in [0, 0.05) is 5.69 Å². The summed E-state index contributed by atoms with van der Waals surface area (Å²) in [6.45, 7) is 6.88. The van der Waals surface area contributed by atoms with E-state index in [1.165, 1.54) is 12.1 Å². The maximum Gasteiger partial charge on any atom is 0.416 e. The first kappa shape index (κ1) is 20.5. The molecular weight excluding hydrogens is 395 g/mol. The van der Waals surface area contributed by atoms with Crippen molar-refractivity contribution in [3.8, 4) is 0 Å². The molecule has 3 fully saturated rings. The molecule has 3 saturated heterocycles. The smallest absolute Gasteiger partial charge is 0.342 e. The molecule has 29 heavy (non-hydrogen) atoms. The molecule has 160 valence electrons. The van der Waals surface area contributed by atoms with Crippen LogP contribution in [0.25, 0.3) is 0 Å². The van der Waals surface area contributed by atoms with Gasteiger partial charge >= 0.3 is 6.18 Å². The summed E-state index contributed by atoms with van der Waals surface area (Å²) in [7, 11) is 0. The van der Waals surface area contributed by atoms with Gasteiger partial charge in [-0.05, 0) is 52.0 Å². The Balaban J connectivity index is 1.53. The molecule has 1 aromatic carbocycles. The van der Waals surface area contributed by atoms with Crippen LogP contribution < -0.4 is 5.32 Å². The summed E-state index contributed by atoms with van der Waals surface area (Å²) in [5.74, 6) is -2.46. The van der Waals surface area contributed by atoms with Gasteiger partial charge in [0.1, 0.15) is 18.3 Å². The Morgan fingerprint density at radius 1 is 0.897 bits per heavy atom. The van der Waals surface area contributed by atoms with Gasteiger partial charge in [0.05, 0.1) is 5.56 Å². The number of carbonyl (C=O) groups is 1. The zero-order valence-corrected chi connectivity index (χ0v) is 16.3. The Labute approximate surface area is 165 Å². The average molecular weight is 417 g/mol. The predicted molar refractivity (Wildman–Crippen MR) is 92.6 cm³/mol. The Bertz CT molecular complexity index is 794. The van der Waals surface area contributed by atoms with Crippen LogP contribution in [-0.2, 0) is 34.7 Å². The van der Waals surface area contributed by atoms with Crippen LogP contribution in [0.2, 0.25) is 0 Å². The van der Waals surface area contributed by atoms with E-state index in [-0.39, 0.29) is 5.69 Å². The molecule has 1 amide bonds. The van der Waals surface area contributed by atoms with E-state index in [0.717, 1.165) is 12.1 Å². The van der Waals surface area contributed by atoms with Gasteiger partial charge in [0.15, 0.2) is 24.0 Å². The number of nitrogens with one attached hydrogen (secondary N) is 1. The van der Waals surface area contributed by atoms with Crippen molar-refractivity contribution in [1.29, 1.82) is 0 Å². The van der Waals surface area contributed by atoms with Crippen molar-refractivity contribution >= 4 is 11.6 Å². The molecule has 0 bridgehead atoms. The van der Waals surface area contributed by atoms with Crippen LogP contribution in [-0.4, -0.2) is 48.2 Å². The molecule has 1 aromatic rings. The fourth-order valence-corrected chi connectivity index (χ4v) is 3.78. The molecule has 0 aliphatic carbocycles. The number of rotatable bonds is 2. The van der Waals surface area contributed by atoms with E-state index in [1.807, 2.05) is 0 Å². The second kappa shape index (κ2) is 6.64. The quantitative estimate of drug-likeness (QED) is 0.797. The summed E-state index contributed by atoms with van der Waals surface area (Å²) in [5, 5.41) is 2.57. The van der Waals surface area contributed by atoms with Gasteiger partial charge in [0.25, 0.3) is 5.91 Å². The summed E-state index contributed by atoms with van der Waals surface area (Å²) in [6.07, 6.45) is -8.33. The van der Waals surface area contributed by atoms with Crippen LogP contribution in [0.3, 0.4) is 0 Å². The second-order valence-corrected chi connectivity index (χ2v) is 8.15. The largest absolute Gasteiger partial charge is 0.416 e. The van der Waals surface area contributed by atoms with Gasteiger partial charge in [-0.15, -0.1) is 0 Å². The molecule has 3 heterocycles. The molecular formula is C19H22F3NO6. The molecule has 0 radical (unpaired) electrons. The zero-order chi connectivity index (χ0) is 21.2. The number of alkyl halides is 3. The molecule has 5 unspecified atom stereocenters. The highest BCUT2D eigenvalue weighted by atomic mass is 19.4. The number of hydrogen-bond acceptors (Lipinski definition) is 6. The predicted octanol–water partition coefficient (Wildman–Crippen LogP) is 3.04. The Kier molecular flexibility index (Phi) is 4.71. The minimum Gasteiger partial charge on any atom is -0.342 e. The standard InChI is InChI=1S/C19H22F3NO6/c1-17(2)26-11-12(27-17)14-16(29-18(3,4)28-14)25-13(11)15(24)23-10-7-5-9(6-8-10)19(20,21)22/h5-8,11-14,16H,1-4H3,(H,23,24). The number of amides is 1. The molecule has 10 heteroatoms. The van der Waals surface area contributed by atoms with Crippen LogP contribution in [0.4, 0.5) is 18.9 Å². The number of anilines is 1. The van der Waals surface area contributed by atoms with Gasteiger partial charge in [-0.25, -0.2) is 0 Å². The maximum absolute atomic E-state index is 12.9. The van der Waals surface area contributed by atoms with Crippen LogP contribution in [0.5, 0.6) is 0 Å². The molecule has 7 nitrogen and oxygen atoms in total. The van der Waals surface area contributed by atoms with E-state index in [2.05, 4.69) is 5.32 Å². The number of hydrogen-bond donors (Lipinski definition) is 1. The van der Waals surface area contributed by atoms with Crippen molar-refractivity contribution < 1.29 is 41.7 Å². The minimum absolute atomic E-state index is 0.201. The monoisotopic (exact) mass is 417 g/mol. The fourth-order valence-electron chi connectivity index (χ4n) is 3.78. The molecule has 5 atom stereocenters.